The topological polar surface area (TPSA) is 47.6 Å². The van der Waals surface area contributed by atoms with Crippen molar-refractivity contribution in [2.24, 2.45) is 0 Å². The fourth-order valence-corrected chi connectivity index (χ4v) is 1.15. The second kappa shape index (κ2) is 10.8. The van der Waals surface area contributed by atoms with Crippen molar-refractivity contribution in [2.45, 2.75) is 6.92 Å². The third-order valence-corrected chi connectivity index (χ3v) is 2.04. The molecule has 1 N–H and O–H groups in total. The summed E-state index contributed by atoms with van der Waals surface area (Å²) in [5.74, 6) is 0.800. The molecule has 84 valence electrons. The van der Waals surface area contributed by atoms with E-state index >= 15 is 0 Å². The highest BCUT2D eigenvalue weighted by Gasteiger charge is 1.99. The van der Waals surface area contributed by atoms with Crippen LogP contribution in [0.3, 0.4) is 0 Å². The van der Waals surface area contributed by atoms with Crippen LogP contribution in [-0.2, 0) is 14.3 Å². The molecule has 0 heterocycles. The minimum atomic E-state index is -0.295. The summed E-state index contributed by atoms with van der Waals surface area (Å²) in [5, 5.41) is 3.19. The first-order chi connectivity index (χ1) is 6.81. The van der Waals surface area contributed by atoms with Crippen LogP contribution in [0.5, 0.6) is 0 Å². The van der Waals surface area contributed by atoms with Crippen molar-refractivity contribution in [1.82, 2.24) is 5.32 Å². The predicted octanol–water partition coefficient (Wildman–Crippen LogP) is 0.519. The Morgan fingerprint density at radius 2 is 2.21 bits per heavy atom. The lowest BCUT2D eigenvalue weighted by Crippen LogP contribution is -2.23. The summed E-state index contributed by atoms with van der Waals surface area (Å²) in [7, 11) is 0. The molecule has 0 fully saturated rings. The van der Waals surface area contributed by atoms with Crippen LogP contribution in [0.2, 0.25) is 0 Å². The largest absolute Gasteiger partial charge is 0.464 e. The molecule has 0 spiro atoms. The quantitative estimate of drug-likeness (QED) is 0.454. The molecule has 0 atom stereocenters. The van der Waals surface area contributed by atoms with Gasteiger partial charge in [0.05, 0.1) is 13.2 Å². The number of hydrogen-bond acceptors (Lipinski definition) is 5. The molecule has 5 heteroatoms. The third kappa shape index (κ3) is 9.83. The van der Waals surface area contributed by atoms with E-state index in [1.165, 1.54) is 0 Å². The SMILES string of the molecule is CCOC(=O)COCCNCCSC. The van der Waals surface area contributed by atoms with Crippen LogP contribution in [0.25, 0.3) is 0 Å². The molecule has 0 aromatic heterocycles. The van der Waals surface area contributed by atoms with Gasteiger partial charge in [0.25, 0.3) is 0 Å². The summed E-state index contributed by atoms with van der Waals surface area (Å²) in [6.45, 7) is 4.55. The van der Waals surface area contributed by atoms with Crippen molar-refractivity contribution in [2.75, 3.05) is 44.9 Å². The maximum Gasteiger partial charge on any atom is 0.332 e. The Labute approximate surface area is 89.7 Å². The monoisotopic (exact) mass is 221 g/mol. The molecule has 0 bridgehead atoms. The first-order valence-electron chi connectivity index (χ1n) is 4.74. The van der Waals surface area contributed by atoms with Gasteiger partial charge in [0.1, 0.15) is 6.61 Å². The van der Waals surface area contributed by atoms with Crippen LogP contribution in [0, 0.1) is 0 Å². The molecule has 0 aliphatic carbocycles. The van der Waals surface area contributed by atoms with Gasteiger partial charge in [-0.2, -0.15) is 11.8 Å². The van der Waals surface area contributed by atoms with Crippen molar-refractivity contribution in [1.29, 1.82) is 0 Å². The Hall–Kier alpha value is -0.260. The third-order valence-electron chi connectivity index (χ3n) is 1.43. The van der Waals surface area contributed by atoms with Gasteiger partial charge in [-0.15, -0.1) is 0 Å². The number of ether oxygens (including phenoxy) is 2. The van der Waals surface area contributed by atoms with E-state index < -0.39 is 0 Å². The van der Waals surface area contributed by atoms with Gasteiger partial charge in [-0.1, -0.05) is 0 Å². The van der Waals surface area contributed by atoms with Crippen LogP contribution < -0.4 is 5.32 Å². The standard InChI is InChI=1S/C9H19NO3S/c1-3-13-9(11)8-12-6-4-10-5-7-14-2/h10H,3-8H2,1-2H3. The van der Waals surface area contributed by atoms with E-state index in [1.807, 2.05) is 0 Å². The second-order valence-corrected chi connectivity index (χ2v) is 3.59. The van der Waals surface area contributed by atoms with Crippen molar-refractivity contribution in [3.63, 3.8) is 0 Å². The zero-order valence-electron chi connectivity index (χ0n) is 8.88. The molecule has 14 heavy (non-hydrogen) atoms. The Balaban J connectivity index is 3.01. The van der Waals surface area contributed by atoms with Crippen LogP contribution >= 0.6 is 11.8 Å². The highest BCUT2D eigenvalue weighted by atomic mass is 32.2. The van der Waals surface area contributed by atoms with E-state index in [0.717, 1.165) is 18.8 Å². The fourth-order valence-electron chi connectivity index (χ4n) is 0.802. The minimum Gasteiger partial charge on any atom is -0.464 e. The van der Waals surface area contributed by atoms with Gasteiger partial charge < -0.3 is 14.8 Å². The molecule has 0 aliphatic heterocycles. The zero-order chi connectivity index (χ0) is 10.6. The number of rotatable bonds is 9. The maximum atomic E-state index is 10.8. The van der Waals surface area contributed by atoms with E-state index in [2.05, 4.69) is 11.6 Å². The predicted molar refractivity (Wildman–Crippen MR) is 58.7 cm³/mol. The summed E-state index contributed by atoms with van der Waals surface area (Å²) in [4.78, 5) is 10.8. The molecular formula is C9H19NO3S. The molecule has 0 amide bonds. The van der Waals surface area contributed by atoms with Crippen molar-refractivity contribution < 1.29 is 14.3 Å². The number of esters is 1. The maximum absolute atomic E-state index is 10.8. The molecule has 0 aromatic rings. The first kappa shape index (κ1) is 13.7. The van der Waals surface area contributed by atoms with Crippen LogP contribution in [0.15, 0.2) is 0 Å². The average Bonchev–Trinajstić information content (AvgIpc) is 2.17. The first-order valence-corrected chi connectivity index (χ1v) is 6.13. The Morgan fingerprint density at radius 1 is 1.43 bits per heavy atom. The zero-order valence-corrected chi connectivity index (χ0v) is 9.69. The van der Waals surface area contributed by atoms with E-state index in [4.69, 9.17) is 9.47 Å². The Morgan fingerprint density at radius 3 is 2.86 bits per heavy atom. The molecule has 0 radical (unpaired) electrons. The lowest BCUT2D eigenvalue weighted by molar-refractivity contribution is -0.148. The van der Waals surface area contributed by atoms with Crippen LogP contribution in [-0.4, -0.2) is 50.9 Å². The summed E-state index contributed by atoms with van der Waals surface area (Å²) in [5.41, 5.74) is 0. The van der Waals surface area contributed by atoms with Gasteiger partial charge in [-0.25, -0.2) is 4.79 Å². The minimum absolute atomic E-state index is 0.0536. The van der Waals surface area contributed by atoms with Crippen LogP contribution in [0.4, 0.5) is 0 Å². The van der Waals surface area contributed by atoms with Crippen molar-refractivity contribution in [3.05, 3.63) is 0 Å². The van der Waals surface area contributed by atoms with Crippen molar-refractivity contribution >= 4 is 17.7 Å². The summed E-state index contributed by atoms with van der Waals surface area (Å²) >= 11 is 1.80. The number of carbonyl (C=O) groups is 1. The molecule has 0 rings (SSSR count). The summed E-state index contributed by atoms with van der Waals surface area (Å²) in [6.07, 6.45) is 2.07. The van der Waals surface area contributed by atoms with E-state index in [-0.39, 0.29) is 12.6 Å². The number of hydrogen-bond donors (Lipinski definition) is 1. The molecule has 0 saturated carbocycles. The van der Waals surface area contributed by atoms with Gasteiger partial charge >= 0.3 is 5.97 Å². The lowest BCUT2D eigenvalue weighted by Gasteiger charge is -2.05. The van der Waals surface area contributed by atoms with Gasteiger partial charge in [0, 0.05) is 18.8 Å². The molecular weight excluding hydrogens is 202 g/mol. The highest BCUT2D eigenvalue weighted by molar-refractivity contribution is 7.98. The van der Waals surface area contributed by atoms with Crippen LogP contribution in [0.1, 0.15) is 6.92 Å². The van der Waals surface area contributed by atoms with E-state index in [1.54, 1.807) is 18.7 Å². The number of carbonyl (C=O) groups excluding carboxylic acids is 1. The van der Waals surface area contributed by atoms with E-state index in [0.29, 0.717) is 13.2 Å². The molecule has 0 unspecified atom stereocenters. The second-order valence-electron chi connectivity index (χ2n) is 2.60. The normalized spacial score (nSPS) is 10.1. The van der Waals surface area contributed by atoms with Gasteiger partial charge in [-0.3, -0.25) is 0 Å². The van der Waals surface area contributed by atoms with Crippen molar-refractivity contribution in [3.8, 4) is 0 Å². The molecule has 4 nitrogen and oxygen atoms in total. The highest BCUT2D eigenvalue weighted by Crippen LogP contribution is 1.86. The number of thioether (sulfide) groups is 1. The molecule has 0 aromatic carbocycles. The van der Waals surface area contributed by atoms with Gasteiger partial charge in [0.2, 0.25) is 0 Å². The summed E-state index contributed by atoms with van der Waals surface area (Å²) in [6, 6.07) is 0. The Kier molecular flexibility index (Phi) is 10.6. The fraction of sp³-hybridized carbons (Fsp3) is 0.889. The van der Waals surface area contributed by atoms with Gasteiger partial charge in [0.15, 0.2) is 0 Å². The molecule has 0 saturated heterocycles. The molecule has 0 aliphatic rings. The Bertz CT molecular complexity index is 144. The van der Waals surface area contributed by atoms with Gasteiger partial charge in [-0.05, 0) is 13.2 Å². The average molecular weight is 221 g/mol. The summed E-state index contributed by atoms with van der Waals surface area (Å²) < 4.78 is 9.78. The lowest BCUT2D eigenvalue weighted by atomic mass is 10.6. The van der Waals surface area contributed by atoms with E-state index in [9.17, 15) is 4.79 Å². The smallest absolute Gasteiger partial charge is 0.332 e. The number of nitrogens with one attached hydrogen (secondary N) is 1.